The summed E-state index contributed by atoms with van der Waals surface area (Å²) in [7, 11) is 0. The lowest BCUT2D eigenvalue weighted by molar-refractivity contribution is 0.0689. The molecule has 0 saturated carbocycles. The van der Waals surface area contributed by atoms with Gasteiger partial charge in [-0.2, -0.15) is 0 Å². The van der Waals surface area contributed by atoms with Gasteiger partial charge >= 0.3 is 5.97 Å². The highest BCUT2D eigenvalue weighted by atomic mass is 16.4. The second kappa shape index (κ2) is 5.27. The Labute approximate surface area is 101 Å². The van der Waals surface area contributed by atoms with E-state index >= 15 is 0 Å². The molecule has 1 aromatic heterocycles. The van der Waals surface area contributed by atoms with Crippen LogP contribution >= 0.6 is 0 Å². The molecule has 1 heterocycles. The highest BCUT2D eigenvalue weighted by Crippen LogP contribution is 2.20. The maximum Gasteiger partial charge on any atom is 0.358 e. The van der Waals surface area contributed by atoms with E-state index in [-0.39, 0.29) is 11.1 Å². The Hall–Kier alpha value is -1.43. The van der Waals surface area contributed by atoms with Crippen LogP contribution in [0.25, 0.3) is 0 Å². The predicted octanol–water partition coefficient (Wildman–Crippen LogP) is 0.914. The Morgan fingerprint density at radius 1 is 1.47 bits per heavy atom. The van der Waals surface area contributed by atoms with Gasteiger partial charge in [0.2, 0.25) is 0 Å². The first-order chi connectivity index (χ1) is 7.85. The van der Waals surface area contributed by atoms with E-state index in [1.807, 2.05) is 0 Å². The minimum Gasteiger partial charge on any atom is -0.476 e. The average Bonchev–Trinajstić information content (AvgIpc) is 2.58. The van der Waals surface area contributed by atoms with Gasteiger partial charge < -0.3 is 10.8 Å². The summed E-state index contributed by atoms with van der Waals surface area (Å²) < 4.78 is 1.65. The van der Waals surface area contributed by atoms with Crippen molar-refractivity contribution in [1.29, 1.82) is 0 Å². The molecular formula is C11H20N4O2. The third-order valence-corrected chi connectivity index (χ3v) is 2.49. The summed E-state index contributed by atoms with van der Waals surface area (Å²) in [6.45, 7) is 7.45. The van der Waals surface area contributed by atoms with Crippen LogP contribution in [0.4, 0.5) is 0 Å². The molecular weight excluding hydrogens is 220 g/mol. The number of carboxylic acid groups (broad SMARTS) is 1. The van der Waals surface area contributed by atoms with Gasteiger partial charge in [-0.05, 0) is 18.4 Å². The Morgan fingerprint density at radius 2 is 2.12 bits per heavy atom. The van der Waals surface area contributed by atoms with Crippen LogP contribution in [-0.4, -0.2) is 32.6 Å². The molecule has 6 nitrogen and oxygen atoms in total. The average molecular weight is 240 g/mol. The molecule has 96 valence electrons. The molecule has 0 aliphatic rings. The van der Waals surface area contributed by atoms with Crippen molar-refractivity contribution in [2.75, 3.05) is 6.54 Å². The first kappa shape index (κ1) is 13.6. The van der Waals surface area contributed by atoms with E-state index in [2.05, 4.69) is 31.1 Å². The molecule has 1 rings (SSSR count). The molecule has 0 fully saturated rings. The van der Waals surface area contributed by atoms with Crippen LogP contribution in [0.2, 0.25) is 0 Å². The third-order valence-electron chi connectivity index (χ3n) is 2.49. The molecule has 0 spiro atoms. The van der Waals surface area contributed by atoms with Crippen LogP contribution in [0.3, 0.4) is 0 Å². The summed E-state index contributed by atoms with van der Waals surface area (Å²) in [5.41, 5.74) is 6.29. The molecule has 0 aliphatic heterocycles. The van der Waals surface area contributed by atoms with Crippen molar-refractivity contribution in [3.8, 4) is 0 Å². The normalized spacial score (nSPS) is 11.8. The van der Waals surface area contributed by atoms with Crippen LogP contribution in [0.5, 0.6) is 0 Å². The fraction of sp³-hybridized carbons (Fsp3) is 0.727. The Balaban J connectivity index is 2.88. The number of nitrogens with two attached hydrogens (primary N) is 1. The fourth-order valence-electron chi connectivity index (χ4n) is 1.50. The zero-order chi connectivity index (χ0) is 13.1. The highest BCUT2D eigenvalue weighted by Gasteiger charge is 2.19. The van der Waals surface area contributed by atoms with Crippen molar-refractivity contribution in [3.63, 3.8) is 0 Å². The van der Waals surface area contributed by atoms with Gasteiger partial charge in [-0.1, -0.05) is 26.0 Å². The first-order valence-electron chi connectivity index (χ1n) is 5.71. The van der Waals surface area contributed by atoms with E-state index < -0.39 is 5.97 Å². The van der Waals surface area contributed by atoms with Gasteiger partial charge in [0, 0.05) is 13.0 Å². The van der Waals surface area contributed by atoms with Crippen LogP contribution in [-0.2, 0) is 13.0 Å². The number of hydrogen-bond donors (Lipinski definition) is 2. The maximum atomic E-state index is 11.0. The predicted molar refractivity (Wildman–Crippen MR) is 63.8 cm³/mol. The topological polar surface area (TPSA) is 94.0 Å². The lowest BCUT2D eigenvalue weighted by atomic mass is 9.92. The fourth-order valence-corrected chi connectivity index (χ4v) is 1.50. The number of aromatic nitrogens is 3. The summed E-state index contributed by atoms with van der Waals surface area (Å²) in [5.74, 6) is -1.05. The summed E-state index contributed by atoms with van der Waals surface area (Å²) >= 11 is 0. The summed E-state index contributed by atoms with van der Waals surface area (Å²) in [6.07, 6.45) is 1.39. The quantitative estimate of drug-likeness (QED) is 0.798. The number of carboxylic acids is 1. The van der Waals surface area contributed by atoms with E-state index in [1.165, 1.54) is 0 Å². The van der Waals surface area contributed by atoms with E-state index in [1.54, 1.807) is 4.68 Å². The Kier molecular flexibility index (Phi) is 4.22. The van der Waals surface area contributed by atoms with E-state index in [9.17, 15) is 4.79 Å². The van der Waals surface area contributed by atoms with Crippen molar-refractivity contribution < 1.29 is 9.90 Å². The van der Waals surface area contributed by atoms with Crippen LogP contribution in [0.1, 0.15) is 43.4 Å². The van der Waals surface area contributed by atoms with Crippen molar-refractivity contribution in [3.05, 3.63) is 11.4 Å². The Bertz CT molecular complexity index is 393. The number of aryl methyl sites for hydroxylation is 1. The minimum absolute atomic E-state index is 0.0179. The van der Waals surface area contributed by atoms with Gasteiger partial charge in [0.05, 0.1) is 5.69 Å². The van der Waals surface area contributed by atoms with Crippen molar-refractivity contribution in [2.45, 2.75) is 40.2 Å². The molecule has 0 aliphatic carbocycles. The molecule has 0 aromatic carbocycles. The standard InChI is InChI=1S/C11H20N4O2/c1-11(2,3)5-7-15-8(4-6-12)9(10(16)17)13-14-15/h4-7,12H2,1-3H3,(H,16,17). The van der Waals surface area contributed by atoms with E-state index in [4.69, 9.17) is 10.8 Å². The molecule has 0 amide bonds. The van der Waals surface area contributed by atoms with E-state index in [0.29, 0.717) is 25.2 Å². The second-order valence-electron chi connectivity index (χ2n) is 5.26. The summed E-state index contributed by atoms with van der Waals surface area (Å²) in [4.78, 5) is 11.0. The number of nitrogens with zero attached hydrogens (tertiary/aromatic N) is 3. The van der Waals surface area contributed by atoms with Crippen LogP contribution in [0.15, 0.2) is 0 Å². The van der Waals surface area contributed by atoms with Gasteiger partial charge in [-0.15, -0.1) is 5.10 Å². The molecule has 0 radical (unpaired) electrons. The molecule has 0 unspecified atom stereocenters. The maximum absolute atomic E-state index is 11.0. The van der Waals surface area contributed by atoms with Crippen molar-refractivity contribution >= 4 is 5.97 Å². The summed E-state index contributed by atoms with van der Waals surface area (Å²) in [5, 5.41) is 16.6. The molecule has 0 saturated heterocycles. The first-order valence-corrected chi connectivity index (χ1v) is 5.71. The largest absolute Gasteiger partial charge is 0.476 e. The van der Waals surface area contributed by atoms with Gasteiger partial charge in [-0.3, -0.25) is 0 Å². The summed E-state index contributed by atoms with van der Waals surface area (Å²) in [6, 6.07) is 0. The van der Waals surface area contributed by atoms with Gasteiger partial charge in [-0.25, -0.2) is 9.48 Å². The monoisotopic (exact) mass is 240 g/mol. The van der Waals surface area contributed by atoms with Gasteiger partial charge in [0.25, 0.3) is 0 Å². The minimum atomic E-state index is -1.05. The smallest absolute Gasteiger partial charge is 0.358 e. The number of carbonyl (C=O) groups is 1. The lowest BCUT2D eigenvalue weighted by Crippen LogP contribution is -2.16. The second-order valence-corrected chi connectivity index (χ2v) is 5.26. The number of aromatic carboxylic acids is 1. The SMILES string of the molecule is CC(C)(C)CCn1nnc(C(=O)O)c1CCN. The zero-order valence-corrected chi connectivity index (χ0v) is 10.6. The Morgan fingerprint density at radius 3 is 2.59 bits per heavy atom. The molecule has 0 bridgehead atoms. The van der Waals surface area contributed by atoms with Gasteiger partial charge in [0.15, 0.2) is 5.69 Å². The van der Waals surface area contributed by atoms with Crippen molar-refractivity contribution in [1.82, 2.24) is 15.0 Å². The van der Waals surface area contributed by atoms with Crippen molar-refractivity contribution in [2.24, 2.45) is 11.1 Å². The zero-order valence-electron chi connectivity index (χ0n) is 10.6. The number of rotatable bonds is 5. The van der Waals surface area contributed by atoms with Crippen LogP contribution < -0.4 is 5.73 Å². The van der Waals surface area contributed by atoms with E-state index in [0.717, 1.165) is 6.42 Å². The molecule has 0 atom stereocenters. The lowest BCUT2D eigenvalue weighted by Gasteiger charge is -2.18. The van der Waals surface area contributed by atoms with Gasteiger partial charge in [0.1, 0.15) is 0 Å². The molecule has 1 aromatic rings. The van der Waals surface area contributed by atoms with Crippen LogP contribution in [0, 0.1) is 5.41 Å². The molecule has 3 N–H and O–H groups in total. The number of hydrogen-bond acceptors (Lipinski definition) is 4. The molecule has 17 heavy (non-hydrogen) atoms. The highest BCUT2D eigenvalue weighted by molar-refractivity contribution is 5.86. The third kappa shape index (κ3) is 3.81. The molecule has 6 heteroatoms.